The number of nitrogens with one attached hydrogen (secondary N) is 1. The summed E-state index contributed by atoms with van der Waals surface area (Å²) < 4.78 is 18.9. The van der Waals surface area contributed by atoms with Crippen LogP contribution in [0.4, 0.5) is 21.4 Å². The van der Waals surface area contributed by atoms with Crippen molar-refractivity contribution in [1.82, 2.24) is 19.9 Å². The number of aromatic nitrogens is 4. The van der Waals surface area contributed by atoms with Gasteiger partial charge < -0.3 is 9.64 Å². The van der Waals surface area contributed by atoms with Gasteiger partial charge in [-0.15, -0.1) is 11.3 Å². The molecule has 1 aliphatic heterocycles. The topological polar surface area (TPSA) is 76.1 Å². The molecule has 0 atom stereocenters. The lowest BCUT2D eigenvalue weighted by Crippen LogP contribution is -2.37. The van der Waals surface area contributed by atoms with Crippen LogP contribution in [0, 0.1) is 5.82 Å². The van der Waals surface area contributed by atoms with E-state index in [0.29, 0.717) is 49.9 Å². The smallest absolute Gasteiger partial charge is 0.234 e. The Morgan fingerprint density at radius 3 is 2.73 bits per heavy atom. The van der Waals surface area contributed by atoms with Crippen molar-refractivity contribution in [1.29, 1.82) is 0 Å². The molecule has 0 amide bonds. The van der Waals surface area contributed by atoms with Gasteiger partial charge in [-0.25, -0.2) is 9.37 Å². The number of anilines is 3. The van der Waals surface area contributed by atoms with Gasteiger partial charge in [-0.1, -0.05) is 32.1 Å². The summed E-state index contributed by atoms with van der Waals surface area (Å²) in [5.74, 6) is 1.61. The summed E-state index contributed by atoms with van der Waals surface area (Å²) in [6.07, 6.45) is 5.41. The molecular weight excluding hydrogens is 403 g/mol. The number of benzene rings is 1. The second-order valence-corrected chi connectivity index (χ2v) is 8.21. The molecule has 1 aliphatic rings. The summed E-state index contributed by atoms with van der Waals surface area (Å²) in [5.41, 5.74) is 0.736. The van der Waals surface area contributed by atoms with Crippen molar-refractivity contribution in [3.63, 3.8) is 0 Å². The van der Waals surface area contributed by atoms with Gasteiger partial charge in [-0.2, -0.15) is 15.0 Å². The van der Waals surface area contributed by atoms with Crippen LogP contribution in [0.15, 0.2) is 30.5 Å². The molecule has 156 valence electrons. The maximum atomic E-state index is 13.5. The highest BCUT2D eigenvalue weighted by atomic mass is 32.1. The SMILES string of the molecule is CC(C)c1cnc(Nc2nc(/C=C/c3cccc(F)c3)nc(N3CCOCC3)n2)s1. The fourth-order valence-corrected chi connectivity index (χ4v) is 3.72. The predicted octanol–water partition coefficient (Wildman–Crippen LogP) is 4.34. The summed E-state index contributed by atoms with van der Waals surface area (Å²) in [7, 11) is 0. The van der Waals surface area contributed by atoms with Crippen LogP contribution in [-0.2, 0) is 4.74 Å². The molecule has 4 rings (SSSR count). The number of nitrogens with zero attached hydrogens (tertiary/aromatic N) is 5. The number of thiazole rings is 1. The molecule has 0 bridgehead atoms. The Morgan fingerprint density at radius 2 is 2.00 bits per heavy atom. The van der Waals surface area contributed by atoms with Crippen LogP contribution in [0.3, 0.4) is 0 Å². The molecule has 30 heavy (non-hydrogen) atoms. The largest absolute Gasteiger partial charge is 0.378 e. The Balaban J connectivity index is 1.63. The van der Waals surface area contributed by atoms with Gasteiger partial charge in [0, 0.05) is 24.2 Å². The van der Waals surface area contributed by atoms with E-state index in [-0.39, 0.29) is 5.82 Å². The highest BCUT2D eigenvalue weighted by Gasteiger charge is 2.17. The average molecular weight is 427 g/mol. The molecule has 0 unspecified atom stereocenters. The zero-order valence-electron chi connectivity index (χ0n) is 16.9. The monoisotopic (exact) mass is 426 g/mol. The van der Waals surface area contributed by atoms with E-state index < -0.39 is 0 Å². The van der Waals surface area contributed by atoms with Gasteiger partial charge in [0.25, 0.3) is 0 Å². The van der Waals surface area contributed by atoms with Crippen molar-refractivity contribution in [3.8, 4) is 0 Å². The Labute approximate surface area is 178 Å². The maximum absolute atomic E-state index is 13.5. The normalized spacial score (nSPS) is 14.6. The quantitative estimate of drug-likeness (QED) is 0.628. The van der Waals surface area contributed by atoms with Gasteiger partial charge in [0.15, 0.2) is 11.0 Å². The Bertz CT molecular complexity index is 1030. The van der Waals surface area contributed by atoms with Crippen molar-refractivity contribution in [2.24, 2.45) is 0 Å². The molecule has 3 aromatic rings. The van der Waals surface area contributed by atoms with Gasteiger partial charge in [0.05, 0.1) is 13.2 Å². The van der Waals surface area contributed by atoms with Crippen LogP contribution in [0.1, 0.15) is 36.0 Å². The third-order valence-corrected chi connectivity index (χ3v) is 5.73. The fraction of sp³-hybridized carbons (Fsp3) is 0.333. The fourth-order valence-electron chi connectivity index (χ4n) is 2.90. The zero-order valence-corrected chi connectivity index (χ0v) is 17.7. The first-order valence-electron chi connectivity index (χ1n) is 9.82. The van der Waals surface area contributed by atoms with E-state index in [0.717, 1.165) is 10.7 Å². The number of rotatable bonds is 6. The minimum atomic E-state index is -0.283. The zero-order chi connectivity index (χ0) is 20.9. The van der Waals surface area contributed by atoms with E-state index in [9.17, 15) is 4.39 Å². The molecule has 1 aromatic carbocycles. The molecule has 1 N–H and O–H groups in total. The lowest BCUT2D eigenvalue weighted by Gasteiger charge is -2.26. The molecule has 7 nitrogen and oxygen atoms in total. The van der Waals surface area contributed by atoms with E-state index in [4.69, 9.17) is 4.74 Å². The summed E-state index contributed by atoms with van der Waals surface area (Å²) in [6, 6.07) is 6.37. The highest BCUT2D eigenvalue weighted by molar-refractivity contribution is 7.15. The first-order valence-corrected chi connectivity index (χ1v) is 10.6. The van der Waals surface area contributed by atoms with Crippen LogP contribution < -0.4 is 10.2 Å². The molecule has 2 aromatic heterocycles. The van der Waals surface area contributed by atoms with Crippen molar-refractivity contribution in [3.05, 3.63) is 52.5 Å². The number of morpholine rings is 1. The molecule has 9 heteroatoms. The van der Waals surface area contributed by atoms with Gasteiger partial charge in [0.2, 0.25) is 11.9 Å². The summed E-state index contributed by atoms with van der Waals surface area (Å²) >= 11 is 1.58. The second-order valence-electron chi connectivity index (χ2n) is 7.15. The first kappa shape index (κ1) is 20.4. The van der Waals surface area contributed by atoms with E-state index in [2.05, 4.69) is 44.0 Å². The molecule has 0 radical (unpaired) electrons. The van der Waals surface area contributed by atoms with Crippen molar-refractivity contribution in [2.75, 3.05) is 36.5 Å². The molecule has 3 heterocycles. The van der Waals surface area contributed by atoms with Crippen LogP contribution in [0.5, 0.6) is 0 Å². The number of hydrogen-bond acceptors (Lipinski definition) is 8. The third-order valence-electron chi connectivity index (χ3n) is 4.52. The summed E-state index contributed by atoms with van der Waals surface area (Å²) in [4.78, 5) is 21.4. The van der Waals surface area contributed by atoms with Crippen molar-refractivity contribution < 1.29 is 9.13 Å². The Hall–Kier alpha value is -2.91. The third kappa shape index (κ3) is 5.17. The van der Waals surface area contributed by atoms with Crippen molar-refractivity contribution >= 4 is 40.5 Å². The number of hydrogen-bond donors (Lipinski definition) is 1. The van der Waals surface area contributed by atoms with E-state index >= 15 is 0 Å². The molecule has 0 spiro atoms. The van der Waals surface area contributed by atoms with E-state index in [1.165, 1.54) is 17.0 Å². The lowest BCUT2D eigenvalue weighted by atomic mass is 10.2. The van der Waals surface area contributed by atoms with Crippen LogP contribution in [0.2, 0.25) is 0 Å². The Kier molecular flexibility index (Phi) is 6.29. The first-order chi connectivity index (χ1) is 14.6. The van der Waals surface area contributed by atoms with Crippen LogP contribution >= 0.6 is 11.3 Å². The minimum Gasteiger partial charge on any atom is -0.378 e. The molecular formula is C21H23FN6OS. The molecule has 0 saturated carbocycles. The number of ether oxygens (including phenoxy) is 1. The van der Waals surface area contributed by atoms with Crippen molar-refractivity contribution in [2.45, 2.75) is 19.8 Å². The molecule has 0 aliphatic carbocycles. The lowest BCUT2D eigenvalue weighted by molar-refractivity contribution is 0.122. The van der Waals surface area contributed by atoms with Gasteiger partial charge >= 0.3 is 0 Å². The summed E-state index contributed by atoms with van der Waals surface area (Å²) in [5, 5.41) is 3.93. The highest BCUT2D eigenvalue weighted by Crippen LogP contribution is 2.27. The maximum Gasteiger partial charge on any atom is 0.234 e. The van der Waals surface area contributed by atoms with Crippen LogP contribution in [0.25, 0.3) is 12.2 Å². The number of halogens is 1. The van der Waals surface area contributed by atoms with E-state index in [1.54, 1.807) is 29.6 Å². The molecule has 1 saturated heterocycles. The van der Waals surface area contributed by atoms with E-state index in [1.807, 2.05) is 12.3 Å². The van der Waals surface area contributed by atoms with Crippen LogP contribution in [-0.4, -0.2) is 46.2 Å². The Morgan fingerprint density at radius 1 is 1.17 bits per heavy atom. The van der Waals surface area contributed by atoms with Gasteiger partial charge in [-0.05, 0) is 29.7 Å². The molecule has 1 fully saturated rings. The second kappa shape index (κ2) is 9.27. The van der Waals surface area contributed by atoms with Gasteiger partial charge in [0.1, 0.15) is 5.82 Å². The average Bonchev–Trinajstić information content (AvgIpc) is 3.22. The van der Waals surface area contributed by atoms with Gasteiger partial charge in [-0.3, -0.25) is 5.32 Å². The summed E-state index contributed by atoms with van der Waals surface area (Å²) in [6.45, 7) is 6.95. The minimum absolute atomic E-state index is 0.283. The standard InChI is InChI=1S/C21H23FN6OS/c1-14(2)17-13-23-21(30-17)27-19-24-18(7-6-15-4-3-5-16(22)12-15)25-20(26-19)28-8-10-29-11-9-28/h3-7,12-14H,8-11H2,1-2H3,(H,23,24,25,26,27)/b7-6+. The predicted molar refractivity (Wildman–Crippen MR) is 118 cm³/mol.